The van der Waals surface area contributed by atoms with Gasteiger partial charge in [-0.2, -0.15) is 0 Å². The second kappa shape index (κ2) is 29.7. The van der Waals surface area contributed by atoms with E-state index in [-0.39, 0.29) is 82.5 Å². The molecule has 0 radical (unpaired) electrons. The lowest BCUT2D eigenvalue weighted by Gasteiger charge is -2.33. The van der Waals surface area contributed by atoms with Crippen molar-refractivity contribution < 1.29 is 58.5 Å². The quantitative estimate of drug-likeness (QED) is 0.0223. The van der Waals surface area contributed by atoms with Crippen molar-refractivity contribution >= 4 is 65.1 Å². The lowest BCUT2D eigenvalue weighted by Crippen LogP contribution is -2.60. The van der Waals surface area contributed by atoms with Crippen molar-refractivity contribution in [2.24, 2.45) is 44.6 Å². The standard InChI is InChI=1S/C55H81N15O12/c1-29(2)24-39(53(81)82)65-50(78)45(36-20-18-31-11-4-6-13-34(31)36)68-47(75)40(28-71)66-49(77)44(35-19-17-30-10-3-5-12-33(30)35)67-43(73)26-63-48(76)42-25-32(72)27-70(42)52(80)41-16-9-23-69(41)51(79)38(15-8-22-62-55(59)60)64-46(74)37(56)14-7-21-61-54(57)58/h3-6,10-13,29,32,35-42,44-45,71-72H,7-9,14-28,56H2,1-2H3,(H,63,76)(H,64,74)(H,65,78)(H,66,77)(H,67,73)(H,68,75)(H,81,82)(H4,57,58,61)(H4,59,60,62)/t32-,35?,36?,37-,38+,39+,40+,41+,42+,44+,45-/m1/s1. The molecule has 11 atom stereocenters. The number of aliphatic imine (C=N–C) groups is 2. The van der Waals surface area contributed by atoms with Crippen molar-refractivity contribution in [3.8, 4) is 0 Å². The summed E-state index contributed by atoms with van der Waals surface area (Å²) in [6.07, 6.45) is 2.24. The fourth-order valence-electron chi connectivity index (χ4n) is 11.4. The molecule has 2 aliphatic carbocycles. The Kier molecular flexibility index (Phi) is 22.9. The van der Waals surface area contributed by atoms with E-state index in [9.17, 15) is 58.5 Å². The third-order valence-corrected chi connectivity index (χ3v) is 15.5. The molecule has 0 bridgehead atoms. The number of hydrogen-bond acceptors (Lipinski definition) is 14. The molecule has 2 heterocycles. The number of hydrogen-bond donors (Lipinski definition) is 14. The zero-order chi connectivity index (χ0) is 59.8. The summed E-state index contributed by atoms with van der Waals surface area (Å²) in [6, 6.07) is 4.55. The van der Waals surface area contributed by atoms with E-state index in [0.29, 0.717) is 38.5 Å². The van der Waals surface area contributed by atoms with Gasteiger partial charge in [0.25, 0.3) is 0 Å². The van der Waals surface area contributed by atoms with Crippen molar-refractivity contribution in [1.82, 2.24) is 41.7 Å². The van der Waals surface area contributed by atoms with Gasteiger partial charge in [-0.15, -0.1) is 0 Å². The average Bonchev–Trinajstić information content (AvgIpc) is 4.30. The van der Waals surface area contributed by atoms with Crippen LogP contribution in [0.5, 0.6) is 0 Å². The minimum Gasteiger partial charge on any atom is -0.480 e. The van der Waals surface area contributed by atoms with E-state index in [2.05, 4.69) is 41.9 Å². The number of carbonyl (C=O) groups is 9. The highest BCUT2D eigenvalue weighted by Crippen LogP contribution is 2.37. The molecule has 2 saturated heterocycles. The number of likely N-dealkylation sites (tertiary alicyclic amines) is 2. The van der Waals surface area contributed by atoms with E-state index in [1.807, 2.05) is 44.2 Å². The van der Waals surface area contributed by atoms with Crippen LogP contribution in [0.1, 0.15) is 112 Å². The van der Waals surface area contributed by atoms with Crippen LogP contribution in [-0.4, -0.2) is 184 Å². The van der Waals surface area contributed by atoms with E-state index in [1.54, 1.807) is 18.2 Å². The lowest BCUT2D eigenvalue weighted by molar-refractivity contribution is -0.148. The number of guanidine groups is 2. The molecule has 4 aliphatic rings. The molecule has 2 aliphatic heterocycles. The Labute approximate surface area is 475 Å². The number of aryl methyl sites for hydroxylation is 2. The van der Waals surface area contributed by atoms with Gasteiger partial charge >= 0.3 is 5.97 Å². The van der Waals surface area contributed by atoms with Crippen molar-refractivity contribution in [2.75, 3.05) is 39.3 Å². The van der Waals surface area contributed by atoms with E-state index in [4.69, 9.17) is 28.7 Å². The second-order valence-corrected chi connectivity index (χ2v) is 21.9. The summed E-state index contributed by atoms with van der Waals surface area (Å²) in [5.41, 5.74) is 31.3. The van der Waals surface area contributed by atoms with Crippen molar-refractivity contribution in [3.05, 3.63) is 70.8 Å². The SMILES string of the molecule is CC(C)C[C@H](NC(=O)[C@H](NC(=O)[C@H](CO)NC(=O)[C@@H](NC(=O)CNC(=O)[C@@H]1C[C@@H](O)CN1C(=O)[C@@H]1CCCN1C(=O)[C@H](CCCN=C(N)N)NC(=O)[C@H](N)CCCN=C(N)N)C1CCc2ccccc21)C1CCc2ccccc21)C(=O)O. The van der Waals surface area contributed by atoms with Gasteiger partial charge in [-0.25, -0.2) is 4.79 Å². The van der Waals surface area contributed by atoms with Gasteiger partial charge in [-0.1, -0.05) is 62.4 Å². The molecule has 8 amide bonds. The predicted molar refractivity (Wildman–Crippen MR) is 301 cm³/mol. The van der Waals surface area contributed by atoms with Gasteiger partial charge in [0.2, 0.25) is 47.3 Å². The molecule has 82 heavy (non-hydrogen) atoms. The first-order chi connectivity index (χ1) is 39.1. The van der Waals surface area contributed by atoms with Gasteiger partial charge in [0.15, 0.2) is 11.9 Å². The molecular weight excluding hydrogens is 1060 g/mol. The Balaban J connectivity index is 1.13. The van der Waals surface area contributed by atoms with Crippen LogP contribution in [0.2, 0.25) is 0 Å². The van der Waals surface area contributed by atoms with Gasteiger partial charge in [0.1, 0.15) is 42.3 Å². The number of aliphatic hydroxyl groups excluding tert-OH is 2. The number of nitrogens with zero attached hydrogens (tertiary/aromatic N) is 4. The zero-order valence-corrected chi connectivity index (χ0v) is 46.5. The first-order valence-corrected chi connectivity index (χ1v) is 28.0. The highest BCUT2D eigenvalue weighted by molar-refractivity contribution is 5.98. The molecule has 2 fully saturated rings. The molecule has 6 rings (SSSR count). The number of carboxylic acids is 1. The Morgan fingerprint density at radius 1 is 0.671 bits per heavy atom. The monoisotopic (exact) mass is 1140 g/mol. The maximum absolute atomic E-state index is 14.5. The summed E-state index contributed by atoms with van der Waals surface area (Å²) in [5, 5.41) is 47.3. The van der Waals surface area contributed by atoms with Crippen molar-refractivity contribution in [1.29, 1.82) is 0 Å². The Morgan fingerprint density at radius 2 is 1.22 bits per heavy atom. The molecule has 0 saturated carbocycles. The molecule has 19 N–H and O–H groups in total. The van der Waals surface area contributed by atoms with Crippen LogP contribution >= 0.6 is 0 Å². The average molecular weight is 1140 g/mol. The number of nitrogens with two attached hydrogens (primary N) is 5. The van der Waals surface area contributed by atoms with Gasteiger partial charge in [-0.05, 0) is 98.8 Å². The number of aliphatic hydroxyl groups is 2. The van der Waals surface area contributed by atoms with Gasteiger partial charge in [-0.3, -0.25) is 48.3 Å². The van der Waals surface area contributed by atoms with Crippen molar-refractivity contribution in [2.45, 2.75) is 157 Å². The lowest BCUT2D eigenvalue weighted by atomic mass is 9.91. The van der Waals surface area contributed by atoms with E-state index in [0.717, 1.165) is 27.2 Å². The highest BCUT2D eigenvalue weighted by Gasteiger charge is 2.46. The highest BCUT2D eigenvalue weighted by atomic mass is 16.4. The van der Waals surface area contributed by atoms with E-state index >= 15 is 0 Å². The third-order valence-electron chi connectivity index (χ3n) is 15.5. The van der Waals surface area contributed by atoms with Crippen LogP contribution < -0.4 is 60.6 Å². The summed E-state index contributed by atoms with van der Waals surface area (Å²) >= 11 is 0. The maximum Gasteiger partial charge on any atom is 0.326 e. The fraction of sp³-hybridized carbons (Fsp3) is 0.582. The smallest absolute Gasteiger partial charge is 0.326 e. The molecule has 27 nitrogen and oxygen atoms in total. The molecule has 2 aromatic rings. The number of aliphatic carboxylic acids is 1. The van der Waals surface area contributed by atoms with Crippen molar-refractivity contribution in [3.63, 3.8) is 0 Å². The summed E-state index contributed by atoms with van der Waals surface area (Å²) < 4.78 is 0. The van der Waals surface area contributed by atoms with Crippen LogP contribution in [0, 0.1) is 5.92 Å². The van der Waals surface area contributed by atoms with Gasteiger partial charge < -0.3 is 85.7 Å². The van der Waals surface area contributed by atoms with Crippen LogP contribution in [0.25, 0.3) is 0 Å². The van der Waals surface area contributed by atoms with Crippen LogP contribution in [0.15, 0.2) is 58.5 Å². The number of benzene rings is 2. The van der Waals surface area contributed by atoms with Crippen LogP contribution in [0.4, 0.5) is 0 Å². The minimum absolute atomic E-state index is 0.0789. The summed E-state index contributed by atoms with van der Waals surface area (Å²) in [6.45, 7) is 2.23. The topological polar surface area (TPSA) is 448 Å². The molecule has 2 aromatic carbocycles. The Morgan fingerprint density at radius 3 is 1.78 bits per heavy atom. The number of carboxylic acid groups (broad SMARTS) is 1. The Bertz CT molecular complexity index is 2700. The Hall–Kier alpha value is -7.91. The fourth-order valence-corrected chi connectivity index (χ4v) is 11.4. The van der Waals surface area contributed by atoms with E-state index in [1.165, 1.54) is 4.90 Å². The predicted octanol–water partition coefficient (Wildman–Crippen LogP) is -3.50. The molecular formula is C55H81N15O12. The molecule has 27 heteroatoms. The zero-order valence-electron chi connectivity index (χ0n) is 46.5. The molecule has 2 unspecified atom stereocenters. The maximum atomic E-state index is 14.5. The molecule has 448 valence electrons. The third kappa shape index (κ3) is 16.8. The van der Waals surface area contributed by atoms with Gasteiger partial charge in [0, 0.05) is 44.4 Å². The number of fused-ring (bicyclic) bond motifs is 2. The normalized spacial score (nSPS) is 21.1. The van der Waals surface area contributed by atoms with Gasteiger partial charge in [0.05, 0.1) is 25.3 Å². The number of β-amino-alcohol motifs (C(OH)–C–C–N with tert-alkyl or cyclic N) is 1. The number of carbonyl (C=O) groups excluding carboxylic acids is 8. The number of rotatable bonds is 28. The second-order valence-electron chi connectivity index (χ2n) is 21.9. The summed E-state index contributed by atoms with van der Waals surface area (Å²) in [7, 11) is 0. The summed E-state index contributed by atoms with van der Waals surface area (Å²) in [4.78, 5) is 135. The summed E-state index contributed by atoms with van der Waals surface area (Å²) in [5.74, 6) is -8.89. The van der Waals surface area contributed by atoms with Crippen LogP contribution in [0.3, 0.4) is 0 Å². The molecule has 0 spiro atoms. The van der Waals surface area contributed by atoms with E-state index < -0.39 is 133 Å². The number of nitrogens with one attached hydrogen (secondary N) is 6. The van der Waals surface area contributed by atoms with Crippen LogP contribution in [-0.2, 0) is 56.0 Å². The largest absolute Gasteiger partial charge is 0.480 e. The number of amides is 8. The first-order valence-electron chi connectivity index (χ1n) is 28.0. The first kappa shape index (κ1) is 63.3. The minimum atomic E-state index is -1.65. The molecule has 0 aromatic heterocycles.